The molecule has 1 amide bonds. The Balaban J connectivity index is 1.66. The summed E-state index contributed by atoms with van der Waals surface area (Å²) in [5.41, 5.74) is 1.09. The lowest BCUT2D eigenvalue weighted by Gasteiger charge is -2.28. The molecule has 1 atom stereocenters. The maximum atomic E-state index is 12.4. The highest BCUT2D eigenvalue weighted by molar-refractivity contribution is 5.81. The van der Waals surface area contributed by atoms with Crippen molar-refractivity contribution in [2.24, 2.45) is 0 Å². The highest BCUT2D eigenvalue weighted by atomic mass is 16.6. The van der Waals surface area contributed by atoms with Gasteiger partial charge < -0.3 is 14.4 Å². The largest absolute Gasteiger partial charge is 0.485 e. The minimum atomic E-state index is -0.589. The minimum Gasteiger partial charge on any atom is -0.485 e. The third kappa shape index (κ3) is 2.99. The van der Waals surface area contributed by atoms with Gasteiger partial charge in [0.15, 0.2) is 11.5 Å². The first-order valence-electron chi connectivity index (χ1n) is 6.91. The highest BCUT2D eigenvalue weighted by Crippen LogP contribution is 2.31. The van der Waals surface area contributed by atoms with Crippen LogP contribution in [0.2, 0.25) is 0 Å². The molecule has 0 saturated heterocycles. The average Bonchev–Trinajstić information content (AvgIpc) is 2.54. The van der Waals surface area contributed by atoms with Crippen molar-refractivity contribution < 1.29 is 14.3 Å². The summed E-state index contributed by atoms with van der Waals surface area (Å²) in [7, 11) is 1.78. The lowest BCUT2D eigenvalue weighted by Crippen LogP contribution is -2.44. The van der Waals surface area contributed by atoms with Crippen molar-refractivity contribution in [3.8, 4) is 11.5 Å². The average molecular weight is 283 g/mol. The number of fused-ring (bicyclic) bond motifs is 1. The molecule has 108 valence electrons. The van der Waals surface area contributed by atoms with Gasteiger partial charge >= 0.3 is 0 Å². The Hall–Kier alpha value is -2.49. The monoisotopic (exact) mass is 283 g/mol. The Morgan fingerprint density at radius 3 is 2.52 bits per heavy atom. The van der Waals surface area contributed by atoms with Crippen LogP contribution in [0.4, 0.5) is 0 Å². The molecule has 0 radical (unpaired) electrons. The van der Waals surface area contributed by atoms with E-state index < -0.39 is 6.10 Å². The van der Waals surface area contributed by atoms with Crippen LogP contribution < -0.4 is 9.47 Å². The summed E-state index contributed by atoms with van der Waals surface area (Å²) in [4.78, 5) is 14.1. The van der Waals surface area contributed by atoms with Crippen LogP contribution in [0.15, 0.2) is 54.6 Å². The van der Waals surface area contributed by atoms with Gasteiger partial charge in [-0.1, -0.05) is 42.5 Å². The van der Waals surface area contributed by atoms with Crippen LogP contribution in [0.1, 0.15) is 5.56 Å². The van der Waals surface area contributed by atoms with Crippen LogP contribution >= 0.6 is 0 Å². The molecule has 3 rings (SSSR count). The number of para-hydroxylation sites is 2. The highest BCUT2D eigenvalue weighted by Gasteiger charge is 2.29. The van der Waals surface area contributed by atoms with Crippen molar-refractivity contribution in [1.82, 2.24) is 4.90 Å². The van der Waals surface area contributed by atoms with E-state index >= 15 is 0 Å². The quantitative estimate of drug-likeness (QED) is 0.868. The molecule has 0 aliphatic carbocycles. The first kappa shape index (κ1) is 13.5. The maximum absolute atomic E-state index is 12.4. The van der Waals surface area contributed by atoms with E-state index in [1.54, 1.807) is 11.9 Å². The number of likely N-dealkylation sites (N-methyl/N-ethyl adjacent to an activating group) is 1. The van der Waals surface area contributed by atoms with Gasteiger partial charge in [0, 0.05) is 13.6 Å². The molecule has 1 heterocycles. The van der Waals surface area contributed by atoms with Gasteiger partial charge in [0.05, 0.1) is 0 Å². The third-order valence-corrected chi connectivity index (χ3v) is 3.42. The molecule has 0 aromatic heterocycles. The van der Waals surface area contributed by atoms with Crippen LogP contribution in [-0.2, 0) is 11.3 Å². The zero-order valence-electron chi connectivity index (χ0n) is 11.9. The summed E-state index contributed by atoms with van der Waals surface area (Å²) < 4.78 is 11.3. The van der Waals surface area contributed by atoms with Crippen LogP contribution in [0, 0.1) is 0 Å². The predicted octanol–water partition coefficient (Wildman–Crippen LogP) is 2.49. The Bertz CT molecular complexity index is 627. The zero-order valence-corrected chi connectivity index (χ0v) is 11.9. The second-order valence-corrected chi connectivity index (χ2v) is 5.04. The molecule has 0 saturated carbocycles. The number of amides is 1. The van der Waals surface area contributed by atoms with Crippen molar-refractivity contribution in [2.45, 2.75) is 12.6 Å². The van der Waals surface area contributed by atoms with Crippen molar-refractivity contribution in [2.75, 3.05) is 13.7 Å². The van der Waals surface area contributed by atoms with Crippen molar-refractivity contribution in [3.63, 3.8) is 0 Å². The number of nitrogens with zero attached hydrogens (tertiary/aromatic N) is 1. The van der Waals surface area contributed by atoms with Gasteiger partial charge in [-0.05, 0) is 17.7 Å². The number of benzene rings is 2. The smallest absolute Gasteiger partial charge is 0.267 e. The van der Waals surface area contributed by atoms with Crippen LogP contribution in [-0.4, -0.2) is 30.6 Å². The van der Waals surface area contributed by atoms with Crippen LogP contribution in [0.3, 0.4) is 0 Å². The Labute approximate surface area is 123 Å². The molecule has 1 aliphatic heterocycles. The van der Waals surface area contributed by atoms with E-state index in [2.05, 4.69) is 0 Å². The van der Waals surface area contributed by atoms with E-state index in [1.165, 1.54) is 0 Å². The van der Waals surface area contributed by atoms with Crippen molar-refractivity contribution >= 4 is 5.91 Å². The van der Waals surface area contributed by atoms with Gasteiger partial charge in [0.1, 0.15) is 6.61 Å². The summed E-state index contributed by atoms with van der Waals surface area (Å²) in [6.07, 6.45) is -0.589. The molecular formula is C17H17NO3. The molecule has 0 spiro atoms. The fourth-order valence-electron chi connectivity index (χ4n) is 2.32. The fourth-order valence-corrected chi connectivity index (χ4v) is 2.32. The lowest BCUT2D eigenvalue weighted by molar-refractivity contribution is -0.140. The van der Waals surface area contributed by atoms with Crippen molar-refractivity contribution in [3.05, 3.63) is 60.2 Å². The van der Waals surface area contributed by atoms with E-state index in [-0.39, 0.29) is 12.5 Å². The SMILES string of the molecule is CN(Cc1ccccc1)C(=O)C1COc2ccccc2O1. The Morgan fingerprint density at radius 2 is 1.76 bits per heavy atom. The first-order chi connectivity index (χ1) is 10.2. The molecule has 0 bridgehead atoms. The van der Waals surface area contributed by atoms with Crippen LogP contribution in [0.25, 0.3) is 0 Å². The molecule has 4 heteroatoms. The van der Waals surface area contributed by atoms with E-state index in [0.717, 1.165) is 5.56 Å². The van der Waals surface area contributed by atoms with Gasteiger partial charge in [-0.15, -0.1) is 0 Å². The van der Waals surface area contributed by atoms with Gasteiger partial charge in [0.2, 0.25) is 6.10 Å². The zero-order chi connectivity index (χ0) is 14.7. The number of rotatable bonds is 3. The van der Waals surface area contributed by atoms with E-state index in [0.29, 0.717) is 18.0 Å². The van der Waals surface area contributed by atoms with E-state index in [4.69, 9.17) is 9.47 Å². The number of carbonyl (C=O) groups is 1. The van der Waals surface area contributed by atoms with E-state index in [1.807, 2.05) is 54.6 Å². The Morgan fingerprint density at radius 1 is 1.10 bits per heavy atom. The summed E-state index contributed by atoms with van der Waals surface area (Å²) in [6.45, 7) is 0.802. The minimum absolute atomic E-state index is 0.0756. The number of hydrogen-bond donors (Lipinski definition) is 0. The fraction of sp³-hybridized carbons (Fsp3) is 0.235. The van der Waals surface area contributed by atoms with E-state index in [9.17, 15) is 4.79 Å². The topological polar surface area (TPSA) is 38.8 Å². The molecule has 4 nitrogen and oxygen atoms in total. The number of ether oxygens (including phenoxy) is 2. The third-order valence-electron chi connectivity index (χ3n) is 3.42. The summed E-state index contributed by atoms with van der Waals surface area (Å²) in [5, 5.41) is 0. The molecule has 1 aliphatic rings. The molecule has 1 unspecified atom stereocenters. The molecule has 21 heavy (non-hydrogen) atoms. The van der Waals surface area contributed by atoms with Crippen molar-refractivity contribution in [1.29, 1.82) is 0 Å². The second-order valence-electron chi connectivity index (χ2n) is 5.04. The number of hydrogen-bond acceptors (Lipinski definition) is 3. The maximum Gasteiger partial charge on any atom is 0.267 e. The lowest BCUT2D eigenvalue weighted by atomic mass is 10.2. The van der Waals surface area contributed by atoms with Gasteiger partial charge in [0.25, 0.3) is 5.91 Å². The van der Waals surface area contributed by atoms with Gasteiger partial charge in [-0.25, -0.2) is 0 Å². The predicted molar refractivity (Wildman–Crippen MR) is 79.3 cm³/mol. The Kier molecular flexibility index (Phi) is 3.77. The number of carbonyl (C=O) groups excluding carboxylic acids is 1. The van der Waals surface area contributed by atoms with Crippen LogP contribution in [0.5, 0.6) is 11.5 Å². The standard InChI is InChI=1S/C17H17NO3/c1-18(11-13-7-3-2-4-8-13)17(19)16-12-20-14-9-5-6-10-15(14)21-16/h2-10,16H,11-12H2,1H3. The molecule has 0 fully saturated rings. The summed E-state index contributed by atoms with van der Waals surface area (Å²) >= 11 is 0. The molecule has 2 aromatic rings. The molecule has 0 N–H and O–H groups in total. The molecular weight excluding hydrogens is 266 g/mol. The van der Waals surface area contributed by atoms with Gasteiger partial charge in [-0.2, -0.15) is 0 Å². The normalized spacial score (nSPS) is 16.3. The van der Waals surface area contributed by atoms with Gasteiger partial charge in [-0.3, -0.25) is 4.79 Å². The second kappa shape index (κ2) is 5.87. The molecule has 2 aromatic carbocycles. The summed E-state index contributed by atoms with van der Waals surface area (Å²) in [6, 6.07) is 17.3. The first-order valence-corrected chi connectivity index (χ1v) is 6.91. The summed E-state index contributed by atoms with van der Waals surface area (Å²) in [5.74, 6) is 1.23.